The van der Waals surface area contributed by atoms with Gasteiger partial charge in [0.05, 0.1) is 13.2 Å². The fourth-order valence-electron chi connectivity index (χ4n) is 2.34. The SMILES string of the molecule is OC[C@@H](O)[C@@H](O)[C@H](O)[C@@H](O)CN=Cc1c(O)ccc2ccccc12. The average molecular weight is 335 g/mol. The molecular formula is C17H21NO6. The van der Waals surface area contributed by atoms with Gasteiger partial charge in [-0.3, -0.25) is 4.99 Å². The van der Waals surface area contributed by atoms with Crippen LogP contribution in [0.3, 0.4) is 0 Å². The van der Waals surface area contributed by atoms with Crippen LogP contribution in [0.1, 0.15) is 5.56 Å². The zero-order valence-electron chi connectivity index (χ0n) is 12.9. The normalized spacial score (nSPS) is 17.0. The van der Waals surface area contributed by atoms with Crippen molar-refractivity contribution in [3.8, 4) is 5.75 Å². The Balaban J connectivity index is 2.10. The molecule has 0 spiro atoms. The average Bonchev–Trinajstić information content (AvgIpc) is 2.61. The highest BCUT2D eigenvalue weighted by atomic mass is 16.4. The topological polar surface area (TPSA) is 134 Å². The number of aliphatic hydroxyl groups is 5. The molecule has 0 amide bonds. The lowest BCUT2D eigenvalue weighted by Crippen LogP contribution is -2.46. The monoisotopic (exact) mass is 335 g/mol. The van der Waals surface area contributed by atoms with Crippen LogP contribution in [0.5, 0.6) is 5.75 Å². The summed E-state index contributed by atoms with van der Waals surface area (Å²) >= 11 is 0. The molecule has 4 atom stereocenters. The molecule has 0 fully saturated rings. The molecule has 0 unspecified atom stereocenters. The highest BCUT2D eigenvalue weighted by molar-refractivity contribution is 6.02. The van der Waals surface area contributed by atoms with Crippen LogP contribution in [0.25, 0.3) is 10.8 Å². The molecule has 130 valence electrons. The number of nitrogens with zero attached hydrogens (tertiary/aromatic N) is 1. The van der Waals surface area contributed by atoms with Gasteiger partial charge in [0.25, 0.3) is 0 Å². The number of phenols is 1. The Kier molecular flexibility index (Phi) is 6.24. The maximum atomic E-state index is 9.97. The van der Waals surface area contributed by atoms with Gasteiger partial charge in [-0.25, -0.2) is 0 Å². The lowest BCUT2D eigenvalue weighted by molar-refractivity contribution is -0.112. The van der Waals surface area contributed by atoms with Crippen molar-refractivity contribution >= 4 is 17.0 Å². The molecule has 0 aliphatic rings. The second-order valence-corrected chi connectivity index (χ2v) is 5.51. The van der Waals surface area contributed by atoms with E-state index >= 15 is 0 Å². The zero-order valence-corrected chi connectivity index (χ0v) is 12.9. The summed E-state index contributed by atoms with van der Waals surface area (Å²) in [7, 11) is 0. The summed E-state index contributed by atoms with van der Waals surface area (Å²) in [4.78, 5) is 3.99. The van der Waals surface area contributed by atoms with E-state index in [0.29, 0.717) is 5.56 Å². The molecule has 2 aromatic rings. The second-order valence-electron chi connectivity index (χ2n) is 5.51. The molecule has 0 aliphatic heterocycles. The lowest BCUT2D eigenvalue weighted by atomic mass is 10.0. The minimum absolute atomic E-state index is 0.0308. The van der Waals surface area contributed by atoms with Gasteiger partial charge in [0.2, 0.25) is 0 Å². The maximum Gasteiger partial charge on any atom is 0.124 e. The minimum Gasteiger partial charge on any atom is -0.507 e. The summed E-state index contributed by atoms with van der Waals surface area (Å²) in [5, 5.41) is 58.7. The molecule has 0 saturated heterocycles. The number of benzene rings is 2. The third-order valence-electron chi connectivity index (χ3n) is 3.79. The number of hydrogen-bond acceptors (Lipinski definition) is 7. The molecule has 7 heteroatoms. The number of rotatable bonds is 7. The Bertz CT molecular complexity index is 705. The molecule has 0 aliphatic carbocycles. The van der Waals surface area contributed by atoms with E-state index < -0.39 is 31.0 Å². The van der Waals surface area contributed by atoms with Crippen molar-refractivity contribution in [3.05, 3.63) is 42.0 Å². The highest BCUT2D eigenvalue weighted by Gasteiger charge is 2.29. The molecular weight excluding hydrogens is 314 g/mol. The molecule has 0 bridgehead atoms. The minimum atomic E-state index is -1.69. The van der Waals surface area contributed by atoms with Crippen molar-refractivity contribution in [2.24, 2.45) is 4.99 Å². The van der Waals surface area contributed by atoms with Gasteiger partial charge in [0.15, 0.2) is 0 Å². The third-order valence-corrected chi connectivity index (χ3v) is 3.79. The Labute approximate surface area is 138 Å². The fourth-order valence-corrected chi connectivity index (χ4v) is 2.34. The third kappa shape index (κ3) is 4.08. The van der Waals surface area contributed by atoms with E-state index in [0.717, 1.165) is 10.8 Å². The van der Waals surface area contributed by atoms with Gasteiger partial charge in [-0.05, 0) is 16.8 Å². The standard InChI is InChI=1S/C17H21NO6/c19-9-15(22)17(24)16(23)14(21)8-18-7-12-11-4-2-1-3-10(11)5-6-13(12)20/h1-7,14-17,19-24H,8-9H2/t14-,15+,16+,17+/m0/s1. The molecule has 0 radical (unpaired) electrons. The second kappa shape index (κ2) is 8.18. The lowest BCUT2D eigenvalue weighted by Gasteiger charge is -2.24. The van der Waals surface area contributed by atoms with Crippen LogP contribution in [0.15, 0.2) is 41.4 Å². The van der Waals surface area contributed by atoms with Crippen LogP contribution in [0, 0.1) is 0 Å². The summed E-state index contributed by atoms with van der Waals surface area (Å²) in [5.74, 6) is 0.0308. The van der Waals surface area contributed by atoms with Gasteiger partial charge in [-0.15, -0.1) is 0 Å². The number of aliphatic hydroxyl groups excluding tert-OH is 5. The molecule has 6 N–H and O–H groups in total. The van der Waals surface area contributed by atoms with E-state index in [1.54, 1.807) is 6.07 Å². The van der Waals surface area contributed by atoms with Crippen LogP contribution in [0.4, 0.5) is 0 Å². The van der Waals surface area contributed by atoms with Crippen molar-refractivity contribution in [2.75, 3.05) is 13.2 Å². The van der Waals surface area contributed by atoms with Gasteiger partial charge in [0.1, 0.15) is 30.2 Å². The Hall–Kier alpha value is -2.03. The van der Waals surface area contributed by atoms with Crippen LogP contribution in [-0.4, -0.2) is 74.4 Å². The maximum absolute atomic E-state index is 9.97. The van der Waals surface area contributed by atoms with Crippen molar-refractivity contribution in [3.63, 3.8) is 0 Å². The van der Waals surface area contributed by atoms with Gasteiger partial charge >= 0.3 is 0 Å². The summed E-state index contributed by atoms with van der Waals surface area (Å²) in [6.07, 6.45) is -4.96. The first kappa shape index (κ1) is 18.3. The Morgan fingerprint density at radius 3 is 2.29 bits per heavy atom. The van der Waals surface area contributed by atoms with E-state index in [1.165, 1.54) is 12.3 Å². The fraction of sp³-hybridized carbons (Fsp3) is 0.353. The number of fused-ring (bicyclic) bond motifs is 1. The molecule has 2 aromatic carbocycles. The first-order valence-electron chi connectivity index (χ1n) is 7.49. The van der Waals surface area contributed by atoms with E-state index in [1.807, 2.05) is 24.3 Å². The quantitative estimate of drug-likeness (QED) is 0.374. The molecule has 7 nitrogen and oxygen atoms in total. The largest absolute Gasteiger partial charge is 0.507 e. The van der Waals surface area contributed by atoms with Crippen LogP contribution < -0.4 is 0 Å². The number of aliphatic imine (C=N–C) groups is 1. The van der Waals surface area contributed by atoms with E-state index in [2.05, 4.69) is 4.99 Å². The molecule has 24 heavy (non-hydrogen) atoms. The van der Waals surface area contributed by atoms with Gasteiger partial charge in [-0.1, -0.05) is 30.3 Å². The highest BCUT2D eigenvalue weighted by Crippen LogP contribution is 2.25. The van der Waals surface area contributed by atoms with Crippen molar-refractivity contribution in [1.82, 2.24) is 0 Å². The summed E-state index contributed by atoms with van der Waals surface area (Å²) < 4.78 is 0. The van der Waals surface area contributed by atoms with Crippen molar-refractivity contribution in [1.29, 1.82) is 0 Å². The Morgan fingerprint density at radius 1 is 0.917 bits per heavy atom. The Morgan fingerprint density at radius 2 is 1.58 bits per heavy atom. The first-order valence-corrected chi connectivity index (χ1v) is 7.49. The number of aromatic hydroxyl groups is 1. The van der Waals surface area contributed by atoms with E-state index in [9.17, 15) is 25.5 Å². The van der Waals surface area contributed by atoms with Crippen LogP contribution in [-0.2, 0) is 0 Å². The van der Waals surface area contributed by atoms with E-state index in [-0.39, 0.29) is 12.3 Å². The zero-order chi connectivity index (χ0) is 17.7. The first-order chi connectivity index (χ1) is 11.5. The molecule has 0 heterocycles. The van der Waals surface area contributed by atoms with Gasteiger partial charge in [0, 0.05) is 11.8 Å². The van der Waals surface area contributed by atoms with E-state index in [4.69, 9.17) is 5.11 Å². The summed E-state index contributed by atoms with van der Waals surface area (Å²) in [6.45, 7) is -0.989. The van der Waals surface area contributed by atoms with Crippen molar-refractivity contribution < 1.29 is 30.6 Å². The van der Waals surface area contributed by atoms with Gasteiger partial charge < -0.3 is 30.6 Å². The van der Waals surface area contributed by atoms with Gasteiger partial charge in [-0.2, -0.15) is 0 Å². The smallest absolute Gasteiger partial charge is 0.124 e. The van der Waals surface area contributed by atoms with Crippen LogP contribution in [0.2, 0.25) is 0 Å². The molecule has 0 aromatic heterocycles. The molecule has 0 saturated carbocycles. The summed E-state index contributed by atoms with van der Waals surface area (Å²) in [6, 6.07) is 10.7. The molecule has 2 rings (SSSR count). The predicted molar refractivity (Wildman–Crippen MR) is 89.2 cm³/mol. The predicted octanol–water partition coefficient (Wildman–Crippen LogP) is -0.600. The summed E-state index contributed by atoms with van der Waals surface area (Å²) in [5.41, 5.74) is 0.478. The van der Waals surface area contributed by atoms with Crippen LogP contribution >= 0.6 is 0 Å². The van der Waals surface area contributed by atoms with Crippen molar-refractivity contribution in [2.45, 2.75) is 24.4 Å². The number of phenolic OH excluding ortho intramolecular Hbond substituents is 1. The number of hydrogen-bond donors (Lipinski definition) is 6.